The Morgan fingerprint density at radius 1 is 1.39 bits per heavy atom. The third-order valence-electron chi connectivity index (χ3n) is 2.84. The number of hydrogen-bond acceptors (Lipinski definition) is 3. The first-order valence-electron chi connectivity index (χ1n) is 5.84. The summed E-state index contributed by atoms with van der Waals surface area (Å²) in [5.41, 5.74) is 0.380. The average molecular weight is 315 g/mol. The van der Waals surface area contributed by atoms with Crippen LogP contribution in [0.1, 0.15) is 37.6 Å². The van der Waals surface area contributed by atoms with E-state index >= 15 is 0 Å². The van der Waals surface area contributed by atoms with Gasteiger partial charge in [-0.15, -0.1) is 0 Å². The van der Waals surface area contributed by atoms with Gasteiger partial charge in [-0.3, -0.25) is 4.79 Å². The summed E-state index contributed by atoms with van der Waals surface area (Å²) in [6.45, 7) is 6.06. The van der Waals surface area contributed by atoms with Crippen molar-refractivity contribution in [1.82, 2.24) is 0 Å². The molecule has 0 bridgehead atoms. The predicted molar refractivity (Wildman–Crippen MR) is 75.3 cm³/mol. The summed E-state index contributed by atoms with van der Waals surface area (Å²) in [6, 6.07) is 5.45. The lowest BCUT2D eigenvalue weighted by Crippen LogP contribution is -2.25. The maximum absolute atomic E-state index is 11.5. The average Bonchev–Trinajstić information content (AvgIpc) is 2.30. The van der Waals surface area contributed by atoms with E-state index in [4.69, 9.17) is 9.47 Å². The monoisotopic (exact) mass is 314 g/mol. The fourth-order valence-corrected chi connectivity index (χ4v) is 1.77. The molecule has 0 aromatic heterocycles. The molecule has 0 spiro atoms. The van der Waals surface area contributed by atoms with Crippen LogP contribution in [-0.2, 0) is 4.74 Å². The first-order chi connectivity index (χ1) is 8.35. The lowest BCUT2D eigenvalue weighted by Gasteiger charge is -2.23. The Kier molecular flexibility index (Phi) is 5.35. The van der Waals surface area contributed by atoms with Crippen LogP contribution in [0.15, 0.2) is 22.7 Å². The molecule has 100 valence electrons. The van der Waals surface area contributed by atoms with Crippen molar-refractivity contribution in [3.05, 3.63) is 28.2 Å². The van der Waals surface area contributed by atoms with Gasteiger partial charge in [0.2, 0.25) is 0 Å². The van der Waals surface area contributed by atoms with Crippen LogP contribution in [-0.4, -0.2) is 25.1 Å². The van der Waals surface area contributed by atoms with Crippen molar-refractivity contribution in [2.24, 2.45) is 0 Å². The van der Waals surface area contributed by atoms with E-state index < -0.39 is 0 Å². The molecule has 1 rings (SSSR count). The Hall–Kier alpha value is -0.870. The summed E-state index contributed by atoms with van der Waals surface area (Å²) < 4.78 is 11.9. The molecule has 0 N–H and O–H groups in total. The summed E-state index contributed by atoms with van der Waals surface area (Å²) >= 11 is 3.35. The van der Waals surface area contributed by atoms with Crippen LogP contribution in [0.2, 0.25) is 0 Å². The lowest BCUT2D eigenvalue weighted by molar-refractivity contribution is 0.00541. The second-order valence-electron chi connectivity index (χ2n) is 4.76. The SMILES string of the molecule is COC(C)(C)CCOc1ccc(Br)cc1C(C)=O. The highest BCUT2D eigenvalue weighted by Crippen LogP contribution is 2.24. The molecule has 0 atom stereocenters. The molecule has 0 aliphatic rings. The number of benzene rings is 1. The number of rotatable bonds is 6. The molecule has 1 aromatic carbocycles. The van der Waals surface area contributed by atoms with E-state index in [-0.39, 0.29) is 11.4 Å². The second-order valence-corrected chi connectivity index (χ2v) is 5.67. The van der Waals surface area contributed by atoms with Crippen LogP contribution in [0.25, 0.3) is 0 Å². The van der Waals surface area contributed by atoms with Gasteiger partial charge in [0.05, 0.1) is 17.8 Å². The molecule has 0 radical (unpaired) electrons. The minimum absolute atomic E-state index is 0.00250. The zero-order chi connectivity index (χ0) is 13.8. The first kappa shape index (κ1) is 15.2. The van der Waals surface area contributed by atoms with Gasteiger partial charge in [-0.2, -0.15) is 0 Å². The van der Waals surface area contributed by atoms with Gasteiger partial charge in [0.25, 0.3) is 0 Å². The van der Waals surface area contributed by atoms with Crippen molar-refractivity contribution in [1.29, 1.82) is 0 Å². The second kappa shape index (κ2) is 6.34. The van der Waals surface area contributed by atoms with Crippen LogP contribution in [0.5, 0.6) is 5.75 Å². The van der Waals surface area contributed by atoms with Crippen molar-refractivity contribution in [2.75, 3.05) is 13.7 Å². The topological polar surface area (TPSA) is 35.5 Å². The standard InChI is InChI=1S/C14H19BrO3/c1-10(16)12-9-11(15)5-6-13(12)18-8-7-14(2,3)17-4/h5-6,9H,7-8H2,1-4H3. The number of ketones is 1. The molecule has 3 nitrogen and oxygen atoms in total. The lowest BCUT2D eigenvalue weighted by atomic mass is 10.1. The summed E-state index contributed by atoms with van der Waals surface area (Å²) in [4.78, 5) is 11.5. The Balaban J connectivity index is 2.70. The van der Waals surface area contributed by atoms with Crippen molar-refractivity contribution in [3.8, 4) is 5.75 Å². The van der Waals surface area contributed by atoms with Crippen LogP contribution in [0.3, 0.4) is 0 Å². The minimum atomic E-state index is -0.217. The van der Waals surface area contributed by atoms with Gasteiger partial charge in [-0.05, 0) is 39.0 Å². The molecule has 0 fully saturated rings. The van der Waals surface area contributed by atoms with Crippen LogP contribution in [0, 0.1) is 0 Å². The van der Waals surface area contributed by atoms with Gasteiger partial charge >= 0.3 is 0 Å². The summed E-state index contributed by atoms with van der Waals surface area (Å²) in [5.74, 6) is 0.620. The number of carbonyl (C=O) groups is 1. The Morgan fingerprint density at radius 2 is 2.06 bits per heavy atom. The van der Waals surface area contributed by atoms with Crippen molar-refractivity contribution < 1.29 is 14.3 Å². The number of carbonyl (C=O) groups excluding carboxylic acids is 1. The largest absolute Gasteiger partial charge is 0.493 e. The molecule has 0 amide bonds. The number of ether oxygens (including phenoxy) is 2. The maximum Gasteiger partial charge on any atom is 0.163 e. The molecule has 1 aromatic rings. The normalized spacial score (nSPS) is 11.4. The quantitative estimate of drug-likeness (QED) is 0.748. The summed E-state index contributed by atoms with van der Waals surface area (Å²) in [7, 11) is 1.68. The van der Waals surface area contributed by atoms with Gasteiger partial charge in [-0.1, -0.05) is 15.9 Å². The molecule has 0 unspecified atom stereocenters. The zero-order valence-corrected chi connectivity index (χ0v) is 12.8. The molecule has 4 heteroatoms. The fraction of sp³-hybridized carbons (Fsp3) is 0.500. The molecule has 0 aliphatic carbocycles. The van der Waals surface area contributed by atoms with Gasteiger partial charge in [0, 0.05) is 18.0 Å². The van der Waals surface area contributed by atoms with E-state index in [9.17, 15) is 4.79 Å². The van der Waals surface area contributed by atoms with E-state index in [1.165, 1.54) is 6.92 Å². The molecule has 0 aliphatic heterocycles. The Bertz CT molecular complexity index is 427. The molecule has 18 heavy (non-hydrogen) atoms. The summed E-state index contributed by atoms with van der Waals surface area (Å²) in [6.07, 6.45) is 0.761. The smallest absolute Gasteiger partial charge is 0.163 e. The van der Waals surface area contributed by atoms with E-state index in [1.54, 1.807) is 19.2 Å². The molecule has 0 heterocycles. The van der Waals surface area contributed by atoms with Crippen LogP contribution in [0.4, 0.5) is 0 Å². The molecular formula is C14H19BrO3. The fourth-order valence-electron chi connectivity index (χ4n) is 1.41. The van der Waals surface area contributed by atoms with E-state index in [0.717, 1.165) is 10.9 Å². The van der Waals surface area contributed by atoms with Gasteiger partial charge < -0.3 is 9.47 Å². The highest BCUT2D eigenvalue weighted by atomic mass is 79.9. The van der Waals surface area contributed by atoms with Crippen molar-refractivity contribution in [2.45, 2.75) is 32.8 Å². The highest BCUT2D eigenvalue weighted by Gasteiger charge is 2.17. The van der Waals surface area contributed by atoms with Gasteiger partial charge in [-0.25, -0.2) is 0 Å². The maximum atomic E-state index is 11.5. The number of methoxy groups -OCH3 is 1. The molecule has 0 saturated heterocycles. The van der Waals surface area contributed by atoms with E-state index in [1.807, 2.05) is 19.9 Å². The molecule has 0 saturated carbocycles. The van der Waals surface area contributed by atoms with Gasteiger partial charge in [0.15, 0.2) is 5.78 Å². The van der Waals surface area contributed by atoms with Gasteiger partial charge in [0.1, 0.15) is 5.75 Å². The number of halogens is 1. The number of Topliss-reactive ketones (excluding diaryl/α,β-unsaturated/α-hetero) is 1. The van der Waals surface area contributed by atoms with E-state index in [0.29, 0.717) is 17.9 Å². The molecular weight excluding hydrogens is 296 g/mol. The van der Waals surface area contributed by atoms with Crippen molar-refractivity contribution >= 4 is 21.7 Å². The number of hydrogen-bond donors (Lipinski definition) is 0. The predicted octanol–water partition coefficient (Wildman–Crippen LogP) is 3.85. The Morgan fingerprint density at radius 3 is 2.61 bits per heavy atom. The van der Waals surface area contributed by atoms with Crippen molar-refractivity contribution in [3.63, 3.8) is 0 Å². The third kappa shape index (κ3) is 4.42. The summed E-state index contributed by atoms with van der Waals surface area (Å²) in [5, 5.41) is 0. The van der Waals surface area contributed by atoms with E-state index in [2.05, 4.69) is 15.9 Å². The first-order valence-corrected chi connectivity index (χ1v) is 6.63. The highest BCUT2D eigenvalue weighted by molar-refractivity contribution is 9.10. The van der Waals surface area contributed by atoms with Crippen LogP contribution < -0.4 is 4.74 Å². The minimum Gasteiger partial charge on any atom is -0.493 e. The Labute approximate surface area is 117 Å². The van der Waals surface area contributed by atoms with Crippen LogP contribution >= 0.6 is 15.9 Å². The zero-order valence-electron chi connectivity index (χ0n) is 11.2. The third-order valence-corrected chi connectivity index (χ3v) is 3.33.